The summed E-state index contributed by atoms with van der Waals surface area (Å²) in [6, 6.07) is 12.8. The number of aromatic nitrogens is 1. The van der Waals surface area contributed by atoms with Gasteiger partial charge in [0.2, 0.25) is 5.91 Å². The van der Waals surface area contributed by atoms with Gasteiger partial charge in [0.1, 0.15) is 5.75 Å². The van der Waals surface area contributed by atoms with Gasteiger partial charge in [0.05, 0.1) is 23.9 Å². The molecular formula is C26H27N3O4S. The van der Waals surface area contributed by atoms with E-state index in [2.05, 4.69) is 10.3 Å². The number of nitrogens with one attached hydrogen (secondary N) is 1. The van der Waals surface area contributed by atoms with Crippen LogP contribution < -0.4 is 10.1 Å². The number of fused-ring (bicyclic) bond motifs is 1. The molecule has 3 amide bonds. The molecule has 2 heterocycles. The molecule has 2 aromatic carbocycles. The van der Waals surface area contributed by atoms with E-state index in [1.807, 2.05) is 32.0 Å². The third kappa shape index (κ3) is 4.87. The highest BCUT2D eigenvalue weighted by Gasteiger charge is 2.34. The van der Waals surface area contributed by atoms with E-state index in [1.165, 1.54) is 16.2 Å². The lowest BCUT2D eigenvalue weighted by Crippen LogP contribution is -2.30. The summed E-state index contributed by atoms with van der Waals surface area (Å²) in [4.78, 5) is 44.1. The standard InChI is InChI=1S/C26H27N3O4S/c1-16-15-18(12-13-21(16)33-3)23-17(2)34-26(28-23)27-22(30)11-5-4-8-14-29-24(31)19-9-6-7-10-20(19)25(29)32/h6-7,9-10,12-13,15H,4-5,8,11,14H2,1-3H3,(H,27,28,30). The van der Waals surface area contributed by atoms with Gasteiger partial charge in [-0.05, 0) is 62.6 Å². The summed E-state index contributed by atoms with van der Waals surface area (Å²) in [6.45, 7) is 4.34. The molecule has 1 aromatic heterocycles. The average Bonchev–Trinajstić information content (AvgIpc) is 3.30. The van der Waals surface area contributed by atoms with Gasteiger partial charge in [-0.1, -0.05) is 18.6 Å². The van der Waals surface area contributed by atoms with Gasteiger partial charge in [-0.3, -0.25) is 19.3 Å². The van der Waals surface area contributed by atoms with Gasteiger partial charge in [-0.2, -0.15) is 0 Å². The lowest BCUT2D eigenvalue weighted by atomic mass is 10.1. The van der Waals surface area contributed by atoms with Crippen molar-refractivity contribution in [1.82, 2.24) is 9.88 Å². The minimum Gasteiger partial charge on any atom is -0.496 e. The first-order valence-corrected chi connectivity index (χ1v) is 12.1. The molecule has 0 saturated carbocycles. The Kier molecular flexibility index (Phi) is 7.07. The lowest BCUT2D eigenvalue weighted by molar-refractivity contribution is -0.116. The van der Waals surface area contributed by atoms with E-state index in [1.54, 1.807) is 31.4 Å². The monoisotopic (exact) mass is 477 g/mol. The molecule has 3 aromatic rings. The van der Waals surface area contributed by atoms with Crippen LogP contribution in [-0.2, 0) is 4.79 Å². The van der Waals surface area contributed by atoms with Crippen LogP contribution in [-0.4, -0.2) is 41.3 Å². The minimum absolute atomic E-state index is 0.0908. The van der Waals surface area contributed by atoms with Crippen molar-refractivity contribution < 1.29 is 19.1 Å². The van der Waals surface area contributed by atoms with Crippen LogP contribution in [0.15, 0.2) is 42.5 Å². The summed E-state index contributed by atoms with van der Waals surface area (Å²) in [7, 11) is 1.65. The van der Waals surface area contributed by atoms with Gasteiger partial charge in [0.15, 0.2) is 5.13 Å². The van der Waals surface area contributed by atoms with Crippen molar-refractivity contribution in [3.8, 4) is 17.0 Å². The fourth-order valence-corrected chi connectivity index (χ4v) is 4.95. The predicted molar refractivity (Wildman–Crippen MR) is 132 cm³/mol. The molecule has 0 radical (unpaired) electrons. The number of imide groups is 1. The molecule has 1 aliphatic rings. The molecule has 0 bridgehead atoms. The number of methoxy groups -OCH3 is 1. The van der Waals surface area contributed by atoms with Crippen molar-refractivity contribution in [2.75, 3.05) is 19.0 Å². The van der Waals surface area contributed by atoms with Crippen LogP contribution in [0.5, 0.6) is 5.75 Å². The smallest absolute Gasteiger partial charge is 0.261 e. The second kappa shape index (κ2) is 10.2. The van der Waals surface area contributed by atoms with Crippen LogP contribution in [0.4, 0.5) is 5.13 Å². The fraction of sp³-hybridized carbons (Fsp3) is 0.308. The summed E-state index contributed by atoms with van der Waals surface area (Å²) in [5.41, 5.74) is 3.80. The van der Waals surface area contributed by atoms with E-state index in [9.17, 15) is 14.4 Å². The van der Waals surface area contributed by atoms with Gasteiger partial charge in [-0.15, -0.1) is 11.3 Å². The molecule has 0 saturated heterocycles. The molecule has 0 fully saturated rings. The molecule has 8 heteroatoms. The number of anilines is 1. The molecule has 0 aliphatic carbocycles. The first kappa shape index (κ1) is 23.6. The number of nitrogens with zero attached hydrogens (tertiary/aromatic N) is 2. The van der Waals surface area contributed by atoms with Crippen LogP contribution in [0, 0.1) is 13.8 Å². The Hall–Kier alpha value is -3.52. The zero-order valence-corrected chi connectivity index (χ0v) is 20.3. The SMILES string of the molecule is COc1ccc(-c2nc(NC(=O)CCCCCN3C(=O)c4ccccc4C3=O)sc2C)cc1C. The molecule has 176 valence electrons. The highest BCUT2D eigenvalue weighted by Crippen LogP contribution is 2.33. The Morgan fingerprint density at radius 1 is 1.03 bits per heavy atom. The Morgan fingerprint density at radius 3 is 2.38 bits per heavy atom. The molecule has 0 atom stereocenters. The quantitative estimate of drug-likeness (QED) is 0.337. The number of unbranched alkanes of at least 4 members (excludes halogenated alkanes) is 2. The Morgan fingerprint density at radius 2 is 1.74 bits per heavy atom. The number of amides is 3. The topological polar surface area (TPSA) is 88.6 Å². The number of aryl methyl sites for hydroxylation is 2. The summed E-state index contributed by atoms with van der Waals surface area (Å²) in [6.07, 6.45) is 2.44. The molecular weight excluding hydrogens is 450 g/mol. The van der Waals surface area contributed by atoms with Gasteiger partial charge >= 0.3 is 0 Å². The Balaban J connectivity index is 1.24. The second-order valence-corrected chi connectivity index (χ2v) is 9.48. The van der Waals surface area contributed by atoms with Crippen LogP contribution in [0.1, 0.15) is 56.8 Å². The van der Waals surface area contributed by atoms with Crippen LogP contribution in [0.2, 0.25) is 0 Å². The van der Waals surface area contributed by atoms with Crippen molar-refractivity contribution >= 4 is 34.2 Å². The lowest BCUT2D eigenvalue weighted by Gasteiger charge is -2.13. The average molecular weight is 478 g/mol. The molecule has 0 spiro atoms. The summed E-state index contributed by atoms with van der Waals surface area (Å²) in [5.74, 6) is 0.265. The molecule has 1 N–H and O–H groups in total. The molecule has 0 unspecified atom stereocenters. The van der Waals surface area contributed by atoms with Crippen molar-refractivity contribution in [2.45, 2.75) is 39.5 Å². The maximum atomic E-state index is 12.4. The van der Waals surface area contributed by atoms with E-state index in [4.69, 9.17) is 4.74 Å². The number of hydrogen-bond donors (Lipinski definition) is 1. The number of hydrogen-bond acceptors (Lipinski definition) is 6. The van der Waals surface area contributed by atoms with Gasteiger partial charge in [0, 0.05) is 23.4 Å². The highest BCUT2D eigenvalue weighted by atomic mass is 32.1. The van der Waals surface area contributed by atoms with Crippen molar-refractivity contribution in [3.63, 3.8) is 0 Å². The number of rotatable bonds is 9. The van der Waals surface area contributed by atoms with Crippen molar-refractivity contribution in [1.29, 1.82) is 0 Å². The van der Waals surface area contributed by atoms with Crippen LogP contribution in [0.3, 0.4) is 0 Å². The summed E-state index contributed by atoms with van der Waals surface area (Å²) in [5, 5.41) is 3.47. The van der Waals surface area contributed by atoms with Gasteiger partial charge < -0.3 is 10.1 Å². The van der Waals surface area contributed by atoms with Gasteiger partial charge in [0.25, 0.3) is 11.8 Å². The number of thiazole rings is 1. The number of ether oxygens (including phenoxy) is 1. The molecule has 34 heavy (non-hydrogen) atoms. The van der Waals surface area contributed by atoms with Gasteiger partial charge in [-0.25, -0.2) is 4.98 Å². The summed E-state index contributed by atoms with van der Waals surface area (Å²) < 4.78 is 5.32. The normalized spacial score (nSPS) is 12.7. The zero-order chi connectivity index (χ0) is 24.2. The molecule has 1 aliphatic heterocycles. The molecule has 7 nitrogen and oxygen atoms in total. The first-order chi connectivity index (χ1) is 16.4. The van der Waals surface area contributed by atoms with Crippen LogP contribution in [0.25, 0.3) is 11.3 Å². The number of carbonyl (C=O) groups is 3. The Bertz CT molecular complexity index is 1220. The van der Waals surface area contributed by atoms with Crippen molar-refractivity contribution in [3.05, 3.63) is 64.0 Å². The van der Waals surface area contributed by atoms with Crippen LogP contribution >= 0.6 is 11.3 Å². The summed E-state index contributed by atoms with van der Waals surface area (Å²) >= 11 is 1.45. The van der Waals surface area contributed by atoms with E-state index in [-0.39, 0.29) is 17.7 Å². The van der Waals surface area contributed by atoms with Crippen molar-refractivity contribution in [2.24, 2.45) is 0 Å². The van der Waals surface area contributed by atoms with E-state index in [0.29, 0.717) is 42.1 Å². The third-order valence-electron chi connectivity index (χ3n) is 5.87. The largest absolute Gasteiger partial charge is 0.496 e. The minimum atomic E-state index is -0.236. The predicted octanol–water partition coefficient (Wildman–Crippen LogP) is 5.23. The van der Waals surface area contributed by atoms with E-state index in [0.717, 1.165) is 33.9 Å². The fourth-order valence-electron chi connectivity index (χ4n) is 4.10. The van der Waals surface area contributed by atoms with E-state index < -0.39 is 0 Å². The number of benzene rings is 2. The number of carbonyl (C=O) groups excluding carboxylic acids is 3. The maximum absolute atomic E-state index is 12.4. The highest BCUT2D eigenvalue weighted by molar-refractivity contribution is 7.16. The second-order valence-electron chi connectivity index (χ2n) is 8.27. The third-order valence-corrected chi connectivity index (χ3v) is 6.76. The first-order valence-electron chi connectivity index (χ1n) is 11.3. The Labute approximate surface area is 202 Å². The van der Waals surface area contributed by atoms with E-state index >= 15 is 0 Å². The zero-order valence-electron chi connectivity index (χ0n) is 19.5. The maximum Gasteiger partial charge on any atom is 0.261 e. The molecule has 4 rings (SSSR count).